The highest BCUT2D eigenvalue weighted by Gasteiger charge is 2.18. The summed E-state index contributed by atoms with van der Waals surface area (Å²) in [4.78, 5) is 23.9. The standard InChI is InChI=1S/C19H18FN3OS2/c20-14-5-3-13(4-6-14)15-11-26-19-17(15)18(21-12-22-19)25-10-7-16(24)23-8-1-2-9-23/h3-6,11-12H,1-2,7-10H2. The van der Waals surface area contributed by atoms with Gasteiger partial charge in [0.25, 0.3) is 0 Å². The Morgan fingerprint density at radius 3 is 2.73 bits per heavy atom. The fraction of sp³-hybridized carbons (Fsp3) is 0.316. The number of thioether (sulfide) groups is 1. The van der Waals surface area contributed by atoms with E-state index in [-0.39, 0.29) is 11.7 Å². The summed E-state index contributed by atoms with van der Waals surface area (Å²) in [5, 5.41) is 3.90. The molecule has 1 aliphatic rings. The van der Waals surface area contributed by atoms with Crippen molar-refractivity contribution >= 4 is 39.2 Å². The van der Waals surface area contributed by atoms with Gasteiger partial charge in [0, 0.05) is 36.2 Å². The Morgan fingerprint density at radius 1 is 1.19 bits per heavy atom. The molecule has 0 N–H and O–H groups in total. The van der Waals surface area contributed by atoms with Gasteiger partial charge < -0.3 is 4.90 Å². The number of benzene rings is 1. The number of aromatic nitrogens is 2. The summed E-state index contributed by atoms with van der Waals surface area (Å²) in [6, 6.07) is 6.47. The summed E-state index contributed by atoms with van der Waals surface area (Å²) in [6.07, 6.45) is 4.31. The topological polar surface area (TPSA) is 46.1 Å². The monoisotopic (exact) mass is 387 g/mol. The third kappa shape index (κ3) is 3.59. The average molecular weight is 388 g/mol. The van der Waals surface area contributed by atoms with E-state index in [4.69, 9.17) is 0 Å². The minimum atomic E-state index is -0.250. The Labute approximate surface area is 159 Å². The summed E-state index contributed by atoms with van der Waals surface area (Å²) in [5.74, 6) is 0.670. The molecule has 26 heavy (non-hydrogen) atoms. The third-order valence-corrected chi connectivity index (χ3v) is 6.38. The molecular formula is C19H18FN3OS2. The first kappa shape index (κ1) is 17.4. The fourth-order valence-corrected chi connectivity index (χ4v) is 5.08. The number of thiophene rings is 1. The number of carbonyl (C=O) groups is 1. The van der Waals surface area contributed by atoms with Crippen molar-refractivity contribution in [2.24, 2.45) is 0 Å². The summed E-state index contributed by atoms with van der Waals surface area (Å²) in [7, 11) is 0. The van der Waals surface area contributed by atoms with Crippen LogP contribution in [0.15, 0.2) is 41.0 Å². The molecule has 7 heteroatoms. The second-order valence-corrected chi connectivity index (χ2v) is 8.14. The number of fused-ring (bicyclic) bond motifs is 1. The quantitative estimate of drug-likeness (QED) is 0.474. The molecule has 0 bridgehead atoms. The number of rotatable bonds is 5. The molecule has 1 amide bonds. The zero-order valence-electron chi connectivity index (χ0n) is 14.2. The molecule has 0 aliphatic carbocycles. The van der Waals surface area contributed by atoms with E-state index < -0.39 is 0 Å². The SMILES string of the molecule is O=C(CCSc1ncnc2scc(-c3ccc(F)cc3)c12)N1CCCC1. The molecule has 3 heterocycles. The van der Waals surface area contributed by atoms with Gasteiger partial charge in [0.15, 0.2) is 0 Å². The first-order valence-electron chi connectivity index (χ1n) is 8.61. The smallest absolute Gasteiger partial charge is 0.223 e. The van der Waals surface area contributed by atoms with Crippen LogP contribution in [0.4, 0.5) is 4.39 Å². The fourth-order valence-electron chi connectivity index (χ4n) is 3.16. The molecule has 1 aromatic carbocycles. The molecule has 1 aliphatic heterocycles. The lowest BCUT2D eigenvalue weighted by molar-refractivity contribution is -0.129. The Bertz CT molecular complexity index is 920. The number of carbonyl (C=O) groups excluding carboxylic acids is 1. The minimum absolute atomic E-state index is 0.226. The van der Waals surface area contributed by atoms with Crippen LogP contribution in [-0.4, -0.2) is 39.6 Å². The summed E-state index contributed by atoms with van der Waals surface area (Å²) in [5.41, 5.74) is 1.96. The molecule has 0 radical (unpaired) electrons. The van der Waals surface area contributed by atoms with E-state index >= 15 is 0 Å². The van der Waals surface area contributed by atoms with Crippen molar-refractivity contribution in [1.82, 2.24) is 14.9 Å². The largest absolute Gasteiger partial charge is 0.343 e. The molecular weight excluding hydrogens is 369 g/mol. The van der Waals surface area contributed by atoms with Crippen molar-refractivity contribution in [1.29, 1.82) is 0 Å². The molecule has 134 valence electrons. The van der Waals surface area contributed by atoms with Crippen LogP contribution >= 0.6 is 23.1 Å². The van der Waals surface area contributed by atoms with E-state index in [1.54, 1.807) is 41.6 Å². The first-order valence-corrected chi connectivity index (χ1v) is 10.5. The van der Waals surface area contributed by atoms with Crippen LogP contribution in [0.5, 0.6) is 0 Å². The Morgan fingerprint density at radius 2 is 1.96 bits per heavy atom. The number of nitrogens with zero attached hydrogens (tertiary/aromatic N) is 3. The van der Waals surface area contributed by atoms with Crippen LogP contribution in [0.1, 0.15) is 19.3 Å². The van der Waals surface area contributed by atoms with Crippen LogP contribution in [-0.2, 0) is 4.79 Å². The van der Waals surface area contributed by atoms with E-state index in [1.165, 1.54) is 12.1 Å². The van der Waals surface area contributed by atoms with Crippen molar-refractivity contribution in [2.75, 3.05) is 18.8 Å². The second-order valence-electron chi connectivity index (χ2n) is 6.20. The maximum atomic E-state index is 13.2. The Kier molecular flexibility index (Phi) is 5.17. The second kappa shape index (κ2) is 7.72. The summed E-state index contributed by atoms with van der Waals surface area (Å²) in [6.45, 7) is 1.78. The normalized spacial score (nSPS) is 14.3. The lowest BCUT2D eigenvalue weighted by atomic mass is 10.1. The predicted molar refractivity (Wildman–Crippen MR) is 104 cm³/mol. The maximum Gasteiger partial charge on any atom is 0.223 e. The van der Waals surface area contributed by atoms with Crippen LogP contribution in [0.2, 0.25) is 0 Å². The zero-order chi connectivity index (χ0) is 17.9. The van der Waals surface area contributed by atoms with Gasteiger partial charge in [-0.25, -0.2) is 14.4 Å². The van der Waals surface area contributed by atoms with Gasteiger partial charge >= 0.3 is 0 Å². The molecule has 0 spiro atoms. The maximum absolute atomic E-state index is 13.2. The highest BCUT2D eigenvalue weighted by molar-refractivity contribution is 7.99. The minimum Gasteiger partial charge on any atom is -0.343 e. The van der Waals surface area contributed by atoms with Crippen LogP contribution in [0.3, 0.4) is 0 Å². The average Bonchev–Trinajstić information content (AvgIpc) is 3.33. The van der Waals surface area contributed by atoms with Crippen molar-refractivity contribution in [3.8, 4) is 11.1 Å². The van der Waals surface area contributed by atoms with E-state index in [9.17, 15) is 9.18 Å². The predicted octanol–water partition coefficient (Wildman–Crippen LogP) is 4.60. The van der Waals surface area contributed by atoms with Gasteiger partial charge in [-0.05, 0) is 30.5 Å². The third-order valence-electron chi connectivity index (χ3n) is 4.50. The van der Waals surface area contributed by atoms with E-state index in [1.807, 2.05) is 10.3 Å². The van der Waals surface area contributed by atoms with Crippen LogP contribution in [0, 0.1) is 5.82 Å². The van der Waals surface area contributed by atoms with Gasteiger partial charge in [-0.15, -0.1) is 23.1 Å². The highest BCUT2D eigenvalue weighted by Crippen LogP contribution is 2.38. The van der Waals surface area contributed by atoms with Crippen molar-refractivity contribution in [3.63, 3.8) is 0 Å². The van der Waals surface area contributed by atoms with Crippen LogP contribution < -0.4 is 0 Å². The molecule has 0 atom stereocenters. The van der Waals surface area contributed by atoms with Gasteiger partial charge in [0.2, 0.25) is 5.91 Å². The molecule has 1 saturated heterocycles. The van der Waals surface area contributed by atoms with E-state index in [0.717, 1.165) is 52.3 Å². The molecule has 0 saturated carbocycles. The number of hydrogen-bond donors (Lipinski definition) is 0. The van der Waals surface area contributed by atoms with Gasteiger partial charge in [-0.3, -0.25) is 4.79 Å². The molecule has 0 unspecified atom stereocenters. The Balaban J connectivity index is 1.54. The summed E-state index contributed by atoms with van der Waals surface area (Å²) < 4.78 is 13.2. The van der Waals surface area contributed by atoms with Gasteiger partial charge in [-0.1, -0.05) is 12.1 Å². The number of amides is 1. The number of halogens is 1. The van der Waals surface area contributed by atoms with Gasteiger partial charge in [0.1, 0.15) is 22.0 Å². The van der Waals surface area contributed by atoms with E-state index in [2.05, 4.69) is 9.97 Å². The molecule has 4 rings (SSSR count). The molecule has 2 aromatic heterocycles. The lowest BCUT2D eigenvalue weighted by Crippen LogP contribution is -2.27. The van der Waals surface area contributed by atoms with E-state index in [0.29, 0.717) is 12.2 Å². The van der Waals surface area contributed by atoms with Crippen LogP contribution in [0.25, 0.3) is 21.3 Å². The van der Waals surface area contributed by atoms with Gasteiger partial charge in [0.05, 0.1) is 5.39 Å². The summed E-state index contributed by atoms with van der Waals surface area (Å²) >= 11 is 3.14. The first-order chi connectivity index (χ1) is 12.7. The lowest BCUT2D eigenvalue weighted by Gasteiger charge is -2.14. The molecule has 1 fully saturated rings. The molecule has 4 nitrogen and oxygen atoms in total. The number of likely N-dealkylation sites (tertiary alicyclic amines) is 1. The number of hydrogen-bond acceptors (Lipinski definition) is 5. The zero-order valence-corrected chi connectivity index (χ0v) is 15.8. The highest BCUT2D eigenvalue weighted by atomic mass is 32.2. The van der Waals surface area contributed by atoms with Gasteiger partial charge in [-0.2, -0.15) is 0 Å². The Hall–Kier alpha value is -1.99. The van der Waals surface area contributed by atoms with Crippen molar-refractivity contribution in [2.45, 2.75) is 24.3 Å². The van der Waals surface area contributed by atoms with Crippen molar-refractivity contribution < 1.29 is 9.18 Å². The van der Waals surface area contributed by atoms with Crippen molar-refractivity contribution in [3.05, 3.63) is 41.8 Å². The molecule has 3 aromatic rings.